The van der Waals surface area contributed by atoms with E-state index in [1.807, 2.05) is 29.2 Å². The van der Waals surface area contributed by atoms with E-state index in [4.69, 9.17) is 0 Å². The van der Waals surface area contributed by atoms with Gasteiger partial charge >= 0.3 is 0 Å². The Balaban J connectivity index is 2.16. The molecule has 0 bridgehead atoms. The van der Waals surface area contributed by atoms with Gasteiger partial charge in [-0.1, -0.05) is 35.8 Å². The SMILES string of the molecule is CC(C)NC1CCCN(c2cccc(Br)c2)C1=O. The molecule has 1 fully saturated rings. The Morgan fingerprint density at radius 3 is 2.89 bits per heavy atom. The van der Waals surface area contributed by atoms with Crippen molar-refractivity contribution in [3.8, 4) is 0 Å². The van der Waals surface area contributed by atoms with Crippen LogP contribution < -0.4 is 10.2 Å². The van der Waals surface area contributed by atoms with Crippen LogP contribution in [-0.4, -0.2) is 24.5 Å². The van der Waals surface area contributed by atoms with Gasteiger partial charge in [0.15, 0.2) is 0 Å². The summed E-state index contributed by atoms with van der Waals surface area (Å²) in [6, 6.07) is 8.21. The number of piperidine rings is 1. The number of hydrogen-bond donors (Lipinski definition) is 1. The predicted octanol–water partition coefficient (Wildman–Crippen LogP) is 2.94. The van der Waals surface area contributed by atoms with Gasteiger partial charge in [0.2, 0.25) is 5.91 Å². The molecule has 1 amide bonds. The Hall–Kier alpha value is -0.870. The summed E-state index contributed by atoms with van der Waals surface area (Å²) in [5, 5.41) is 3.34. The number of anilines is 1. The minimum atomic E-state index is -0.0438. The molecule has 3 nitrogen and oxygen atoms in total. The molecular formula is C14H19BrN2O. The number of rotatable bonds is 3. The van der Waals surface area contributed by atoms with Crippen molar-refractivity contribution in [1.82, 2.24) is 5.32 Å². The molecule has 0 aromatic heterocycles. The molecule has 1 aliphatic heterocycles. The van der Waals surface area contributed by atoms with Gasteiger partial charge in [0.1, 0.15) is 0 Å². The van der Waals surface area contributed by atoms with Crippen LogP contribution in [0.2, 0.25) is 0 Å². The highest BCUT2D eigenvalue weighted by molar-refractivity contribution is 9.10. The van der Waals surface area contributed by atoms with Crippen LogP contribution in [-0.2, 0) is 4.79 Å². The van der Waals surface area contributed by atoms with Crippen molar-refractivity contribution >= 4 is 27.5 Å². The lowest BCUT2D eigenvalue weighted by atomic mass is 10.0. The molecular weight excluding hydrogens is 292 g/mol. The number of benzene rings is 1. The topological polar surface area (TPSA) is 32.3 Å². The van der Waals surface area contributed by atoms with E-state index >= 15 is 0 Å². The number of amides is 1. The molecule has 1 saturated heterocycles. The normalized spacial score (nSPS) is 20.6. The van der Waals surface area contributed by atoms with Crippen LogP contribution in [0.1, 0.15) is 26.7 Å². The molecule has 1 unspecified atom stereocenters. The summed E-state index contributed by atoms with van der Waals surface area (Å²) in [6.45, 7) is 4.96. The first kappa shape index (κ1) is 13.6. The zero-order valence-electron chi connectivity index (χ0n) is 10.8. The van der Waals surface area contributed by atoms with Crippen LogP contribution in [0.15, 0.2) is 28.7 Å². The van der Waals surface area contributed by atoms with Crippen molar-refractivity contribution in [2.75, 3.05) is 11.4 Å². The minimum Gasteiger partial charge on any atom is -0.311 e. The minimum absolute atomic E-state index is 0.0438. The Kier molecular flexibility index (Phi) is 4.40. The molecule has 0 spiro atoms. The van der Waals surface area contributed by atoms with E-state index in [0.717, 1.165) is 29.5 Å². The van der Waals surface area contributed by atoms with Gasteiger partial charge in [-0.05, 0) is 31.0 Å². The molecule has 2 rings (SSSR count). The first-order valence-electron chi connectivity index (χ1n) is 6.41. The predicted molar refractivity (Wildman–Crippen MR) is 77.8 cm³/mol. The highest BCUT2D eigenvalue weighted by atomic mass is 79.9. The third kappa shape index (κ3) is 3.12. The number of nitrogens with zero attached hydrogens (tertiary/aromatic N) is 1. The monoisotopic (exact) mass is 310 g/mol. The number of carbonyl (C=O) groups is 1. The van der Waals surface area contributed by atoms with E-state index in [0.29, 0.717) is 6.04 Å². The Bertz CT molecular complexity index is 434. The van der Waals surface area contributed by atoms with E-state index in [9.17, 15) is 4.79 Å². The van der Waals surface area contributed by atoms with E-state index in [-0.39, 0.29) is 11.9 Å². The van der Waals surface area contributed by atoms with Crippen LogP contribution >= 0.6 is 15.9 Å². The van der Waals surface area contributed by atoms with Crippen molar-refractivity contribution < 1.29 is 4.79 Å². The molecule has 1 atom stereocenters. The Labute approximate surface area is 117 Å². The molecule has 0 aliphatic carbocycles. The van der Waals surface area contributed by atoms with Gasteiger partial charge in [0.05, 0.1) is 6.04 Å². The van der Waals surface area contributed by atoms with E-state index in [2.05, 4.69) is 35.1 Å². The maximum Gasteiger partial charge on any atom is 0.244 e. The smallest absolute Gasteiger partial charge is 0.244 e. The van der Waals surface area contributed by atoms with Gasteiger partial charge in [-0.3, -0.25) is 4.79 Å². The summed E-state index contributed by atoms with van der Waals surface area (Å²) in [5.41, 5.74) is 0.977. The average molecular weight is 311 g/mol. The second-order valence-corrected chi connectivity index (χ2v) is 5.90. The Morgan fingerprint density at radius 2 is 2.22 bits per heavy atom. The number of hydrogen-bond acceptors (Lipinski definition) is 2. The third-order valence-corrected chi connectivity index (χ3v) is 3.59. The highest BCUT2D eigenvalue weighted by Crippen LogP contribution is 2.24. The lowest BCUT2D eigenvalue weighted by Crippen LogP contribution is -2.52. The van der Waals surface area contributed by atoms with E-state index < -0.39 is 0 Å². The fourth-order valence-electron chi connectivity index (χ4n) is 2.33. The van der Waals surface area contributed by atoms with Crippen molar-refractivity contribution in [2.45, 2.75) is 38.8 Å². The van der Waals surface area contributed by atoms with Crippen molar-refractivity contribution in [2.24, 2.45) is 0 Å². The van der Waals surface area contributed by atoms with E-state index in [1.54, 1.807) is 0 Å². The molecule has 1 N–H and O–H groups in total. The first-order valence-corrected chi connectivity index (χ1v) is 7.20. The summed E-state index contributed by atoms with van der Waals surface area (Å²) in [5.74, 6) is 0.188. The molecule has 0 radical (unpaired) electrons. The van der Waals surface area contributed by atoms with Crippen molar-refractivity contribution in [3.63, 3.8) is 0 Å². The molecule has 4 heteroatoms. The van der Waals surface area contributed by atoms with Crippen LogP contribution in [0, 0.1) is 0 Å². The molecule has 0 saturated carbocycles. The lowest BCUT2D eigenvalue weighted by Gasteiger charge is -2.33. The lowest BCUT2D eigenvalue weighted by molar-refractivity contribution is -0.121. The second kappa shape index (κ2) is 5.85. The summed E-state index contributed by atoms with van der Waals surface area (Å²) < 4.78 is 1.01. The van der Waals surface area contributed by atoms with Crippen LogP contribution in [0.5, 0.6) is 0 Å². The van der Waals surface area contributed by atoms with E-state index in [1.165, 1.54) is 0 Å². The Morgan fingerprint density at radius 1 is 1.44 bits per heavy atom. The average Bonchev–Trinajstić information content (AvgIpc) is 2.31. The summed E-state index contributed by atoms with van der Waals surface area (Å²) >= 11 is 3.45. The summed E-state index contributed by atoms with van der Waals surface area (Å²) in [6.07, 6.45) is 1.98. The van der Waals surface area contributed by atoms with Gasteiger partial charge in [-0.2, -0.15) is 0 Å². The van der Waals surface area contributed by atoms with Crippen molar-refractivity contribution in [1.29, 1.82) is 0 Å². The number of nitrogens with one attached hydrogen (secondary N) is 1. The number of carbonyl (C=O) groups excluding carboxylic acids is 1. The molecule has 1 aromatic rings. The zero-order valence-corrected chi connectivity index (χ0v) is 12.4. The fourth-order valence-corrected chi connectivity index (χ4v) is 2.72. The van der Waals surface area contributed by atoms with Gasteiger partial charge < -0.3 is 10.2 Å². The molecule has 1 heterocycles. The summed E-state index contributed by atoms with van der Waals surface area (Å²) in [4.78, 5) is 14.3. The second-order valence-electron chi connectivity index (χ2n) is 4.99. The van der Waals surface area contributed by atoms with Crippen LogP contribution in [0.4, 0.5) is 5.69 Å². The first-order chi connectivity index (χ1) is 8.58. The standard InChI is InChI=1S/C14H19BrN2O/c1-10(2)16-13-7-4-8-17(14(13)18)12-6-3-5-11(15)9-12/h3,5-6,9-10,13,16H,4,7-8H2,1-2H3. The maximum atomic E-state index is 12.4. The maximum absolute atomic E-state index is 12.4. The van der Waals surface area contributed by atoms with Gasteiger partial charge in [0.25, 0.3) is 0 Å². The largest absolute Gasteiger partial charge is 0.311 e. The molecule has 98 valence electrons. The van der Waals surface area contributed by atoms with Crippen LogP contribution in [0.25, 0.3) is 0 Å². The van der Waals surface area contributed by atoms with Gasteiger partial charge in [0, 0.05) is 22.7 Å². The highest BCUT2D eigenvalue weighted by Gasteiger charge is 2.29. The number of halogens is 1. The van der Waals surface area contributed by atoms with Gasteiger partial charge in [-0.25, -0.2) is 0 Å². The van der Waals surface area contributed by atoms with Crippen molar-refractivity contribution in [3.05, 3.63) is 28.7 Å². The zero-order chi connectivity index (χ0) is 13.1. The van der Waals surface area contributed by atoms with Gasteiger partial charge in [-0.15, -0.1) is 0 Å². The quantitative estimate of drug-likeness (QED) is 0.931. The third-order valence-electron chi connectivity index (χ3n) is 3.09. The van der Waals surface area contributed by atoms with Crippen LogP contribution in [0.3, 0.4) is 0 Å². The molecule has 1 aromatic carbocycles. The summed E-state index contributed by atoms with van der Waals surface area (Å²) in [7, 11) is 0. The molecule has 1 aliphatic rings. The fraction of sp³-hybridized carbons (Fsp3) is 0.500. The molecule has 18 heavy (non-hydrogen) atoms.